The molecular formula is C20H24N4O. The van der Waals surface area contributed by atoms with Crippen LogP contribution in [0.3, 0.4) is 0 Å². The number of rotatable bonds is 5. The van der Waals surface area contributed by atoms with Crippen LogP contribution in [0.15, 0.2) is 54.9 Å². The van der Waals surface area contributed by atoms with Gasteiger partial charge in [-0.2, -0.15) is 0 Å². The molecule has 0 saturated carbocycles. The number of pyridine rings is 1. The van der Waals surface area contributed by atoms with Crippen LogP contribution in [0.2, 0.25) is 0 Å². The fourth-order valence-corrected chi connectivity index (χ4v) is 3.10. The predicted octanol–water partition coefficient (Wildman–Crippen LogP) is 3.02. The van der Waals surface area contributed by atoms with Gasteiger partial charge in [0.25, 0.3) is 5.91 Å². The van der Waals surface area contributed by atoms with Crippen molar-refractivity contribution in [2.75, 3.05) is 27.7 Å². The van der Waals surface area contributed by atoms with E-state index in [0.29, 0.717) is 5.69 Å². The Hall–Kier alpha value is -2.66. The van der Waals surface area contributed by atoms with Gasteiger partial charge in [0.2, 0.25) is 0 Å². The summed E-state index contributed by atoms with van der Waals surface area (Å²) in [6, 6.07) is 14.0. The molecule has 0 spiro atoms. The molecule has 0 radical (unpaired) electrons. The number of nitrogens with zero attached hydrogens (tertiary/aromatic N) is 4. The highest BCUT2D eigenvalue weighted by molar-refractivity contribution is 5.93. The monoisotopic (exact) mass is 336 g/mol. The summed E-state index contributed by atoms with van der Waals surface area (Å²) in [5, 5.41) is 0. The molecule has 0 aliphatic carbocycles. The van der Waals surface area contributed by atoms with Gasteiger partial charge in [-0.15, -0.1) is 0 Å². The highest BCUT2D eigenvalue weighted by Gasteiger charge is 2.25. The quantitative estimate of drug-likeness (QED) is 0.719. The molecule has 1 amide bonds. The van der Waals surface area contributed by atoms with Crippen LogP contribution in [-0.2, 0) is 0 Å². The smallest absolute Gasteiger partial charge is 0.272 e. The Bertz CT molecular complexity index is 870. The minimum atomic E-state index is -0.0335. The first-order valence-corrected chi connectivity index (χ1v) is 8.38. The number of aryl methyl sites for hydroxylation is 1. The van der Waals surface area contributed by atoms with Gasteiger partial charge in [0.15, 0.2) is 0 Å². The van der Waals surface area contributed by atoms with E-state index in [9.17, 15) is 4.79 Å². The Morgan fingerprint density at radius 1 is 1.12 bits per heavy atom. The molecule has 2 heterocycles. The molecule has 1 aromatic carbocycles. The van der Waals surface area contributed by atoms with Crippen molar-refractivity contribution in [2.24, 2.45) is 0 Å². The molecule has 0 aliphatic heterocycles. The number of imidazole rings is 1. The molecule has 1 unspecified atom stereocenters. The molecule has 3 aromatic rings. The van der Waals surface area contributed by atoms with Gasteiger partial charge in [-0.3, -0.25) is 9.20 Å². The first-order chi connectivity index (χ1) is 12.0. The maximum Gasteiger partial charge on any atom is 0.272 e. The molecule has 25 heavy (non-hydrogen) atoms. The second-order valence-corrected chi connectivity index (χ2v) is 6.63. The van der Waals surface area contributed by atoms with Crippen molar-refractivity contribution in [1.29, 1.82) is 0 Å². The topological polar surface area (TPSA) is 40.9 Å². The fourth-order valence-electron chi connectivity index (χ4n) is 3.10. The summed E-state index contributed by atoms with van der Waals surface area (Å²) in [6.45, 7) is 2.75. The average Bonchev–Trinajstić information content (AvgIpc) is 3.04. The highest BCUT2D eigenvalue weighted by Crippen LogP contribution is 2.23. The number of hydrogen-bond donors (Lipinski definition) is 0. The third-order valence-corrected chi connectivity index (χ3v) is 4.46. The molecule has 1 atom stereocenters. The maximum atomic E-state index is 13.2. The summed E-state index contributed by atoms with van der Waals surface area (Å²) >= 11 is 0. The largest absolute Gasteiger partial charge is 0.332 e. The van der Waals surface area contributed by atoms with Crippen LogP contribution in [-0.4, -0.2) is 52.8 Å². The number of carbonyl (C=O) groups excluding carboxylic acids is 1. The van der Waals surface area contributed by atoms with Crippen molar-refractivity contribution in [1.82, 2.24) is 19.2 Å². The van der Waals surface area contributed by atoms with E-state index >= 15 is 0 Å². The lowest BCUT2D eigenvalue weighted by molar-refractivity contribution is 0.0698. The number of hydrogen-bond acceptors (Lipinski definition) is 3. The number of amides is 1. The van der Waals surface area contributed by atoms with Crippen molar-refractivity contribution in [3.8, 4) is 0 Å². The third-order valence-electron chi connectivity index (χ3n) is 4.46. The summed E-state index contributed by atoms with van der Waals surface area (Å²) in [6.07, 6.45) is 3.55. The van der Waals surface area contributed by atoms with Crippen LogP contribution >= 0.6 is 0 Å². The van der Waals surface area contributed by atoms with E-state index < -0.39 is 0 Å². The zero-order valence-electron chi connectivity index (χ0n) is 15.2. The first kappa shape index (κ1) is 17.2. The van der Waals surface area contributed by atoms with Crippen molar-refractivity contribution >= 4 is 11.6 Å². The number of carbonyl (C=O) groups is 1. The Kier molecular flexibility index (Phi) is 4.86. The van der Waals surface area contributed by atoms with Crippen LogP contribution in [0.4, 0.5) is 0 Å². The lowest BCUT2D eigenvalue weighted by Crippen LogP contribution is -2.37. The van der Waals surface area contributed by atoms with E-state index in [4.69, 9.17) is 0 Å². The molecule has 0 saturated heterocycles. The normalized spacial score (nSPS) is 12.5. The Morgan fingerprint density at radius 3 is 2.52 bits per heavy atom. The minimum Gasteiger partial charge on any atom is -0.332 e. The molecule has 0 bridgehead atoms. The molecule has 0 N–H and O–H groups in total. The van der Waals surface area contributed by atoms with Crippen molar-refractivity contribution in [3.63, 3.8) is 0 Å². The lowest BCUT2D eigenvalue weighted by atomic mass is 10.0. The Labute approximate surface area is 148 Å². The van der Waals surface area contributed by atoms with E-state index in [1.807, 2.05) is 69.0 Å². The van der Waals surface area contributed by atoms with E-state index in [2.05, 4.69) is 22.0 Å². The summed E-state index contributed by atoms with van der Waals surface area (Å²) in [7, 11) is 5.90. The molecule has 0 fully saturated rings. The van der Waals surface area contributed by atoms with Crippen LogP contribution < -0.4 is 0 Å². The Morgan fingerprint density at radius 2 is 1.84 bits per heavy atom. The second kappa shape index (κ2) is 7.07. The van der Waals surface area contributed by atoms with Gasteiger partial charge in [-0.25, -0.2) is 4.98 Å². The van der Waals surface area contributed by atoms with E-state index in [0.717, 1.165) is 23.3 Å². The number of likely N-dealkylation sites (N-methyl/N-ethyl adjacent to an activating group) is 2. The van der Waals surface area contributed by atoms with Gasteiger partial charge in [0.1, 0.15) is 11.3 Å². The van der Waals surface area contributed by atoms with Gasteiger partial charge in [0, 0.05) is 19.8 Å². The number of aromatic nitrogens is 2. The van der Waals surface area contributed by atoms with Crippen molar-refractivity contribution < 1.29 is 4.79 Å². The van der Waals surface area contributed by atoms with E-state index in [1.165, 1.54) is 0 Å². The van der Waals surface area contributed by atoms with Crippen LogP contribution in [0.1, 0.15) is 27.7 Å². The summed E-state index contributed by atoms with van der Waals surface area (Å²) in [4.78, 5) is 21.5. The number of benzene rings is 1. The zero-order chi connectivity index (χ0) is 18.0. The van der Waals surface area contributed by atoms with Crippen molar-refractivity contribution in [3.05, 3.63) is 71.7 Å². The molecule has 5 nitrogen and oxygen atoms in total. The second-order valence-electron chi connectivity index (χ2n) is 6.63. The minimum absolute atomic E-state index is 0.0286. The van der Waals surface area contributed by atoms with E-state index in [-0.39, 0.29) is 11.9 Å². The lowest BCUT2D eigenvalue weighted by Gasteiger charge is -2.30. The zero-order valence-corrected chi connectivity index (χ0v) is 15.2. The highest BCUT2D eigenvalue weighted by atomic mass is 16.2. The Balaban J connectivity index is 1.97. The van der Waals surface area contributed by atoms with E-state index in [1.54, 1.807) is 11.1 Å². The molecule has 3 rings (SSSR count). The first-order valence-electron chi connectivity index (χ1n) is 8.38. The molecule has 130 valence electrons. The van der Waals surface area contributed by atoms with Crippen LogP contribution in [0, 0.1) is 6.92 Å². The molecule has 0 aliphatic rings. The summed E-state index contributed by atoms with van der Waals surface area (Å²) in [5.41, 5.74) is 3.58. The van der Waals surface area contributed by atoms with Gasteiger partial charge in [-0.1, -0.05) is 36.4 Å². The number of fused-ring (bicyclic) bond motifs is 1. The van der Waals surface area contributed by atoms with Gasteiger partial charge < -0.3 is 9.80 Å². The van der Waals surface area contributed by atoms with Gasteiger partial charge in [0.05, 0.1) is 12.2 Å². The third kappa shape index (κ3) is 3.42. The van der Waals surface area contributed by atoms with Crippen LogP contribution in [0.25, 0.3) is 5.65 Å². The van der Waals surface area contributed by atoms with Crippen molar-refractivity contribution in [2.45, 2.75) is 13.0 Å². The standard InChI is InChI=1S/C20H24N4O/c1-15-9-8-12-24-17(13-21-19(15)24)20(25)23(4)18(14-22(2)3)16-10-6-5-7-11-16/h5-13,18H,14H2,1-4H3. The molecule has 5 heteroatoms. The molecular weight excluding hydrogens is 312 g/mol. The molecule has 2 aromatic heterocycles. The predicted molar refractivity (Wildman–Crippen MR) is 99.8 cm³/mol. The summed E-state index contributed by atoms with van der Waals surface area (Å²) in [5.74, 6) is -0.0335. The van der Waals surface area contributed by atoms with Gasteiger partial charge >= 0.3 is 0 Å². The van der Waals surface area contributed by atoms with Crippen LogP contribution in [0.5, 0.6) is 0 Å². The summed E-state index contributed by atoms with van der Waals surface area (Å²) < 4.78 is 1.87. The SMILES string of the molecule is Cc1cccn2c(C(=O)N(C)C(CN(C)C)c3ccccc3)cnc12. The van der Waals surface area contributed by atoms with Gasteiger partial charge in [-0.05, 0) is 38.2 Å². The fraction of sp³-hybridized carbons (Fsp3) is 0.300. The maximum absolute atomic E-state index is 13.2. The average molecular weight is 336 g/mol.